The second-order valence-corrected chi connectivity index (χ2v) is 13.5. The Hall–Kier alpha value is -4.83. The van der Waals surface area contributed by atoms with E-state index in [1.54, 1.807) is 0 Å². The Kier molecular flexibility index (Phi) is 16.2. The number of aromatic nitrogens is 8. The molecule has 0 unspecified atom stereocenters. The van der Waals surface area contributed by atoms with Crippen LogP contribution in [0.25, 0.3) is 90.9 Å². The zero-order valence-corrected chi connectivity index (χ0v) is 36.8. The summed E-state index contributed by atoms with van der Waals surface area (Å²) >= 11 is 0. The van der Waals surface area contributed by atoms with Crippen LogP contribution in [0, 0.1) is 0 Å². The molecule has 14 heteroatoms. The number of aromatic amines is 2. The van der Waals surface area contributed by atoms with Gasteiger partial charge in [-0.2, -0.15) is 0 Å². The molecule has 0 fully saturated rings. The fourth-order valence-corrected chi connectivity index (χ4v) is 7.09. The van der Waals surface area contributed by atoms with Gasteiger partial charge in [-0.15, -0.1) is 0 Å². The minimum absolute atomic E-state index is 0. The summed E-state index contributed by atoms with van der Waals surface area (Å²) in [5, 5.41) is 0. The van der Waals surface area contributed by atoms with Crippen molar-refractivity contribution in [2.24, 2.45) is 28.2 Å². The number of nitrogens with zero attached hydrogens (tertiary/aromatic N) is 6. The molecule has 294 valence electrons. The van der Waals surface area contributed by atoms with Crippen LogP contribution in [0.5, 0.6) is 0 Å². The molecular weight excluding hydrogens is 873 g/mol. The summed E-state index contributed by atoms with van der Waals surface area (Å²) in [5.41, 5.74) is 15.9. The van der Waals surface area contributed by atoms with E-state index in [2.05, 4.69) is 157 Å². The Bertz CT molecular complexity index is 2390. The molecule has 8 bridgehead atoms. The van der Waals surface area contributed by atoms with E-state index < -0.39 is 0 Å². The van der Waals surface area contributed by atoms with Gasteiger partial charge in [0.15, 0.2) is 49.6 Å². The molecule has 0 radical (unpaired) electrons. The fourth-order valence-electron chi connectivity index (χ4n) is 7.09. The summed E-state index contributed by atoms with van der Waals surface area (Å²) in [7, 11) is 8.14. The van der Waals surface area contributed by atoms with Crippen molar-refractivity contribution in [1.29, 1.82) is 0 Å². The second-order valence-electron chi connectivity index (χ2n) is 13.5. The molecule has 0 atom stereocenters. The molecule has 8 nitrogen and oxygen atoms in total. The number of pyridine rings is 4. The molecule has 0 saturated carbocycles. The molecule has 7 aromatic heterocycles. The van der Waals surface area contributed by atoms with E-state index in [0.717, 1.165) is 89.4 Å². The summed E-state index contributed by atoms with van der Waals surface area (Å²) in [6.45, 7) is 0. The molecule has 2 aliphatic rings. The number of hydrogen-bond donors (Lipinski definition) is 2. The van der Waals surface area contributed by atoms with E-state index in [0.29, 0.717) is 0 Å². The van der Waals surface area contributed by atoms with Gasteiger partial charge in [0, 0.05) is 92.9 Å². The van der Waals surface area contributed by atoms with Gasteiger partial charge in [0.1, 0.15) is 28.2 Å². The maximum Gasteiger partial charge on any atom is 3.00 e. The topological polar surface area (TPSA) is 72.9 Å². The number of fused-ring (bicyclic) bond motifs is 8. The summed E-state index contributed by atoms with van der Waals surface area (Å²) in [4.78, 5) is 18.4. The molecule has 58 heavy (non-hydrogen) atoms. The van der Waals surface area contributed by atoms with Crippen LogP contribution >= 0.6 is 0 Å². The van der Waals surface area contributed by atoms with E-state index in [9.17, 15) is 0 Å². The molecule has 9 rings (SSSR count). The number of hydrogen-bond acceptors (Lipinski definition) is 2. The summed E-state index contributed by atoms with van der Waals surface area (Å²) in [5.74, 6) is 0. The first kappa shape index (κ1) is 47.5. The van der Waals surface area contributed by atoms with E-state index in [1.807, 2.05) is 46.5 Å². The monoisotopic (exact) mass is 908 g/mol. The minimum Gasteiger partial charge on any atom is -1.00 e. The Morgan fingerprint density at radius 1 is 0.328 bits per heavy atom. The predicted molar refractivity (Wildman–Crippen MR) is 205 cm³/mol. The average molecular weight is 911 g/mol. The summed E-state index contributed by atoms with van der Waals surface area (Å²) in [6.07, 6.45) is 25.2. The van der Waals surface area contributed by atoms with Gasteiger partial charge in [0.25, 0.3) is 0 Å². The van der Waals surface area contributed by atoms with Gasteiger partial charge in [0.2, 0.25) is 0 Å². The number of halogens is 5. The van der Waals surface area contributed by atoms with Crippen LogP contribution < -0.4 is 80.3 Å². The van der Waals surface area contributed by atoms with Crippen LogP contribution in [-0.2, 0) is 45.3 Å². The Balaban J connectivity index is 0.00000150. The van der Waals surface area contributed by atoms with Gasteiger partial charge < -0.3 is 72.0 Å². The van der Waals surface area contributed by atoms with Crippen molar-refractivity contribution >= 4 is 46.4 Å². The fraction of sp³-hybridized carbons (Fsp3) is 0.0909. The van der Waals surface area contributed by atoms with Gasteiger partial charge in [-0.25, -0.2) is 28.2 Å². The number of rotatable bonds is 4. The summed E-state index contributed by atoms with van der Waals surface area (Å²) < 4.78 is 8.20. The number of H-pyrrole nitrogens is 2. The van der Waals surface area contributed by atoms with Gasteiger partial charge in [-0.3, -0.25) is 0 Å². The molecule has 0 saturated heterocycles. The maximum atomic E-state index is 5.39. The second kappa shape index (κ2) is 19.7. The Morgan fingerprint density at radius 3 is 0.707 bits per heavy atom. The van der Waals surface area contributed by atoms with Crippen molar-refractivity contribution in [3.63, 3.8) is 0 Å². The van der Waals surface area contributed by atoms with E-state index in [-0.39, 0.29) is 79.1 Å². The molecule has 0 spiro atoms. The standard InChI is InChI=1S/C44H37N8.5ClH.Mn/c1-49-21-13-29(14-22-49)41-33-5-7-35(45-33)42(30-15-23-50(2)24-16-30)37-9-11-39(47-37)44(32-19-27-52(4)28-20-32)40-12-10-38(48-40)43(36-8-6-34(41)46-36)31-17-25-51(3)26-18-31;;;;;;/h5-28H,1-4H3,(H,45,46,47,48);5*1H;/q+3;;;;;;+3/p-4. The van der Waals surface area contributed by atoms with Crippen LogP contribution in [0.2, 0.25) is 0 Å². The molecule has 0 aromatic carbocycles. The maximum absolute atomic E-state index is 5.39. The Morgan fingerprint density at radius 2 is 0.517 bits per heavy atom. The van der Waals surface area contributed by atoms with Gasteiger partial charge in [-0.05, 0) is 70.8 Å². The van der Waals surface area contributed by atoms with Crippen LogP contribution in [0.15, 0.2) is 122 Å². The van der Waals surface area contributed by atoms with E-state index in [1.165, 1.54) is 0 Å². The molecule has 7 aromatic rings. The smallest absolute Gasteiger partial charge is 1.00 e. The molecule has 0 amide bonds. The SMILES string of the molecule is C[n+]1ccc(-c2c3nc(c(-c4cc[n+](C)cc4)c4ccc([nH]4)c(-c4cc[n+](C)cc4)c4nc(c(-c5cc[n+](C)cc5)c5ccc2[nH]5)C=C4)C=C3)cc1.[Cl-].[Cl-].[Cl-].[Cl-].[Cl-].[Mn+3]. The first-order valence-corrected chi connectivity index (χ1v) is 17.4. The first-order valence-electron chi connectivity index (χ1n) is 17.4. The number of nitrogens with one attached hydrogen (secondary N) is 2. The van der Waals surface area contributed by atoms with Gasteiger partial charge in [-0.1, -0.05) is 0 Å². The average Bonchev–Trinajstić information content (AvgIpc) is 3.99. The molecule has 9 heterocycles. The third-order valence-electron chi connectivity index (χ3n) is 9.82. The van der Waals surface area contributed by atoms with Crippen LogP contribution in [0.3, 0.4) is 0 Å². The van der Waals surface area contributed by atoms with Crippen molar-refractivity contribution in [1.82, 2.24) is 19.9 Å². The van der Waals surface area contributed by atoms with Crippen molar-refractivity contribution in [2.75, 3.05) is 0 Å². The quantitative estimate of drug-likeness (QED) is 0.136. The summed E-state index contributed by atoms with van der Waals surface area (Å²) in [6, 6.07) is 25.8. The van der Waals surface area contributed by atoms with Gasteiger partial charge in [0.05, 0.1) is 22.8 Å². The zero-order valence-electron chi connectivity index (χ0n) is 31.8. The van der Waals surface area contributed by atoms with E-state index >= 15 is 0 Å². The van der Waals surface area contributed by atoms with Crippen molar-refractivity contribution in [3.8, 4) is 44.5 Å². The van der Waals surface area contributed by atoms with Crippen LogP contribution in [-0.4, -0.2) is 19.9 Å². The first-order chi connectivity index (χ1) is 25.4. The van der Waals surface area contributed by atoms with Crippen molar-refractivity contribution < 1.29 is 97.4 Å². The zero-order chi connectivity index (χ0) is 35.3. The minimum atomic E-state index is 0. The van der Waals surface area contributed by atoms with Crippen molar-refractivity contribution in [2.45, 2.75) is 0 Å². The molecule has 2 aliphatic heterocycles. The largest absolute Gasteiger partial charge is 3.00 e. The normalized spacial score (nSPS) is 10.8. The predicted octanol–water partition coefficient (Wildman–Crippen LogP) is -8.36. The van der Waals surface area contributed by atoms with Crippen molar-refractivity contribution in [3.05, 3.63) is 145 Å². The third-order valence-corrected chi connectivity index (χ3v) is 9.82. The van der Waals surface area contributed by atoms with Gasteiger partial charge >= 0.3 is 17.1 Å². The molecule has 0 aliphatic carbocycles. The Labute approximate surface area is 379 Å². The van der Waals surface area contributed by atoms with E-state index in [4.69, 9.17) is 9.97 Å². The molecule has 2 N–H and O–H groups in total. The molecular formula is C44H38Cl5MnN8+2. The van der Waals surface area contributed by atoms with Crippen LogP contribution in [0.1, 0.15) is 22.8 Å². The number of aryl methyl sites for hydroxylation is 4. The third kappa shape index (κ3) is 9.07. The van der Waals surface area contributed by atoms with Crippen LogP contribution in [0.4, 0.5) is 0 Å².